The van der Waals surface area contributed by atoms with E-state index in [4.69, 9.17) is 4.74 Å². The number of ether oxygens (including phenoxy) is 1. The van der Waals surface area contributed by atoms with Crippen LogP contribution < -0.4 is 10.0 Å². The van der Waals surface area contributed by atoms with E-state index in [0.717, 1.165) is 10.4 Å². The zero-order chi connectivity index (χ0) is 20.7. The first-order valence-electron chi connectivity index (χ1n) is 9.00. The molecule has 3 aromatic rings. The summed E-state index contributed by atoms with van der Waals surface area (Å²) in [5, 5.41) is 4.80. The van der Waals surface area contributed by atoms with Gasteiger partial charge in [-0.2, -0.15) is 0 Å². The van der Waals surface area contributed by atoms with E-state index in [1.165, 1.54) is 24.3 Å². The minimum Gasteiger partial charge on any atom is -0.380 e. The Hall–Kier alpha value is -2.52. The largest absolute Gasteiger partial charge is 0.380 e. The maximum atomic E-state index is 12.5. The Kier molecular flexibility index (Phi) is 7.16. The minimum absolute atomic E-state index is 0.125. The molecule has 8 heteroatoms. The molecule has 2 N–H and O–H groups in total. The van der Waals surface area contributed by atoms with Crippen molar-refractivity contribution in [3.8, 4) is 0 Å². The second-order valence-electron chi connectivity index (χ2n) is 6.30. The van der Waals surface area contributed by atoms with E-state index in [0.29, 0.717) is 30.8 Å². The van der Waals surface area contributed by atoms with E-state index >= 15 is 0 Å². The van der Waals surface area contributed by atoms with Crippen molar-refractivity contribution in [2.24, 2.45) is 0 Å². The van der Waals surface area contributed by atoms with Gasteiger partial charge < -0.3 is 10.1 Å². The number of nitrogens with one attached hydrogen (secondary N) is 2. The van der Waals surface area contributed by atoms with Crippen molar-refractivity contribution in [3.05, 3.63) is 82.0 Å². The van der Waals surface area contributed by atoms with Crippen LogP contribution in [0, 0.1) is 0 Å². The molecule has 0 atom stereocenters. The van der Waals surface area contributed by atoms with Gasteiger partial charge >= 0.3 is 0 Å². The van der Waals surface area contributed by atoms with E-state index in [-0.39, 0.29) is 10.8 Å². The molecule has 0 bridgehead atoms. The van der Waals surface area contributed by atoms with Gasteiger partial charge in [-0.25, -0.2) is 13.1 Å². The molecule has 0 saturated heterocycles. The summed E-state index contributed by atoms with van der Waals surface area (Å²) in [6.45, 7) is 0.701. The molecule has 0 saturated carbocycles. The van der Waals surface area contributed by atoms with Crippen LogP contribution in [0.25, 0.3) is 0 Å². The predicted molar refractivity (Wildman–Crippen MR) is 115 cm³/mol. The van der Waals surface area contributed by atoms with Crippen molar-refractivity contribution in [2.75, 3.05) is 19.0 Å². The number of methoxy groups -OCH3 is 1. The Morgan fingerprint density at radius 1 is 1.03 bits per heavy atom. The van der Waals surface area contributed by atoms with E-state index in [9.17, 15) is 13.2 Å². The van der Waals surface area contributed by atoms with Crippen molar-refractivity contribution in [2.45, 2.75) is 17.9 Å². The van der Waals surface area contributed by atoms with Gasteiger partial charge in [-0.05, 0) is 48.2 Å². The number of benzene rings is 2. The molecule has 3 rings (SSSR count). The molecule has 0 aliphatic carbocycles. The predicted octanol–water partition coefficient (Wildman–Crippen LogP) is 3.67. The number of rotatable bonds is 9. The van der Waals surface area contributed by atoms with Gasteiger partial charge in [-0.3, -0.25) is 4.79 Å². The number of hydrogen-bond acceptors (Lipinski definition) is 5. The number of hydrogen-bond donors (Lipinski definition) is 2. The summed E-state index contributed by atoms with van der Waals surface area (Å²) in [4.78, 5) is 13.8. The molecule has 0 fully saturated rings. The fourth-order valence-electron chi connectivity index (χ4n) is 2.75. The highest BCUT2D eigenvalue weighted by molar-refractivity contribution is 7.89. The highest BCUT2D eigenvalue weighted by atomic mass is 32.2. The van der Waals surface area contributed by atoms with E-state index in [1.807, 2.05) is 35.7 Å². The Morgan fingerprint density at radius 3 is 2.48 bits per heavy atom. The molecule has 29 heavy (non-hydrogen) atoms. The highest BCUT2D eigenvalue weighted by Gasteiger charge is 2.15. The molecule has 152 valence electrons. The summed E-state index contributed by atoms with van der Waals surface area (Å²) in [6, 6.07) is 17.1. The zero-order valence-electron chi connectivity index (χ0n) is 15.9. The molecular formula is C21H22N2O4S2. The lowest BCUT2D eigenvalue weighted by molar-refractivity contribution is 0.102. The second kappa shape index (κ2) is 9.80. The maximum Gasteiger partial charge on any atom is 0.255 e. The molecule has 6 nitrogen and oxygen atoms in total. The number of sulfonamides is 1. The first kappa shape index (κ1) is 21.2. The minimum atomic E-state index is -3.62. The third-order valence-corrected chi connectivity index (χ3v) is 6.65. The Labute approximate surface area is 174 Å². The molecule has 1 amide bonds. The van der Waals surface area contributed by atoms with Crippen LogP contribution in [0.15, 0.2) is 70.9 Å². The van der Waals surface area contributed by atoms with Crippen LogP contribution >= 0.6 is 11.3 Å². The summed E-state index contributed by atoms with van der Waals surface area (Å²) >= 11 is 1.59. The van der Waals surface area contributed by atoms with Crippen molar-refractivity contribution < 1.29 is 17.9 Å². The van der Waals surface area contributed by atoms with Gasteiger partial charge in [0.1, 0.15) is 0 Å². The molecule has 0 aliphatic rings. The molecule has 2 aromatic carbocycles. The molecular weight excluding hydrogens is 408 g/mol. The third kappa shape index (κ3) is 5.74. The van der Waals surface area contributed by atoms with Crippen LogP contribution in [0.1, 0.15) is 20.8 Å². The number of carbonyl (C=O) groups is 1. The van der Waals surface area contributed by atoms with Crippen molar-refractivity contribution >= 4 is 33.0 Å². The van der Waals surface area contributed by atoms with Gasteiger partial charge in [-0.15, -0.1) is 11.3 Å². The number of para-hydroxylation sites is 1. The molecule has 0 unspecified atom stereocenters. The molecule has 0 radical (unpaired) electrons. The van der Waals surface area contributed by atoms with E-state index in [2.05, 4.69) is 10.0 Å². The summed E-state index contributed by atoms with van der Waals surface area (Å²) in [7, 11) is -2.03. The average molecular weight is 431 g/mol. The lowest BCUT2D eigenvalue weighted by Gasteiger charge is -2.11. The third-order valence-electron chi connectivity index (χ3n) is 4.24. The maximum absolute atomic E-state index is 12.5. The van der Waals surface area contributed by atoms with Crippen LogP contribution in [-0.4, -0.2) is 28.0 Å². The Morgan fingerprint density at radius 2 is 1.79 bits per heavy atom. The van der Waals surface area contributed by atoms with Gasteiger partial charge in [-0.1, -0.05) is 24.3 Å². The Balaban J connectivity index is 1.63. The fraction of sp³-hybridized carbons (Fsp3) is 0.190. The molecule has 1 aromatic heterocycles. The van der Waals surface area contributed by atoms with Gasteiger partial charge in [0.2, 0.25) is 10.0 Å². The normalized spacial score (nSPS) is 11.3. The van der Waals surface area contributed by atoms with Crippen molar-refractivity contribution in [3.63, 3.8) is 0 Å². The van der Waals surface area contributed by atoms with Gasteiger partial charge in [0.15, 0.2) is 0 Å². The van der Waals surface area contributed by atoms with E-state index in [1.54, 1.807) is 24.5 Å². The lowest BCUT2D eigenvalue weighted by Crippen LogP contribution is -2.26. The number of anilines is 1. The highest BCUT2D eigenvalue weighted by Crippen LogP contribution is 2.18. The Bertz CT molecular complexity index is 1050. The summed E-state index contributed by atoms with van der Waals surface area (Å²) in [6.07, 6.45) is 0.637. The zero-order valence-corrected chi connectivity index (χ0v) is 17.6. The quantitative estimate of drug-likeness (QED) is 0.543. The average Bonchev–Trinajstić information content (AvgIpc) is 3.23. The van der Waals surface area contributed by atoms with Crippen LogP contribution in [0.3, 0.4) is 0 Å². The van der Waals surface area contributed by atoms with Gasteiger partial charge in [0, 0.05) is 35.3 Å². The topological polar surface area (TPSA) is 84.5 Å². The smallest absolute Gasteiger partial charge is 0.255 e. The number of carbonyl (C=O) groups excluding carboxylic acids is 1. The first-order valence-corrected chi connectivity index (χ1v) is 11.4. The standard InChI is InChI=1S/C21H22N2O4S2/c1-27-15-17-5-2-3-7-20(17)23-21(24)16-8-10-19(11-9-16)29(25,26)22-13-12-18-6-4-14-28-18/h2-11,14,22H,12-13,15H2,1H3,(H,23,24). The first-order chi connectivity index (χ1) is 14.0. The monoisotopic (exact) mass is 430 g/mol. The van der Waals surface area contributed by atoms with Gasteiger partial charge in [0.25, 0.3) is 5.91 Å². The van der Waals surface area contributed by atoms with Crippen molar-refractivity contribution in [1.29, 1.82) is 0 Å². The van der Waals surface area contributed by atoms with Crippen LogP contribution in [0.5, 0.6) is 0 Å². The molecule has 0 aliphatic heterocycles. The van der Waals surface area contributed by atoms with Crippen LogP contribution in [0.4, 0.5) is 5.69 Å². The van der Waals surface area contributed by atoms with Crippen LogP contribution in [-0.2, 0) is 27.8 Å². The van der Waals surface area contributed by atoms with Crippen LogP contribution in [0.2, 0.25) is 0 Å². The van der Waals surface area contributed by atoms with E-state index < -0.39 is 10.0 Å². The fourth-order valence-corrected chi connectivity index (χ4v) is 4.49. The van der Waals surface area contributed by atoms with Gasteiger partial charge in [0.05, 0.1) is 11.5 Å². The number of amides is 1. The summed E-state index contributed by atoms with van der Waals surface area (Å²) in [5.41, 5.74) is 1.89. The summed E-state index contributed by atoms with van der Waals surface area (Å²) in [5.74, 6) is -0.317. The molecule has 0 spiro atoms. The van der Waals surface area contributed by atoms with Crippen molar-refractivity contribution in [1.82, 2.24) is 4.72 Å². The second-order valence-corrected chi connectivity index (χ2v) is 9.09. The molecule has 1 heterocycles. The SMILES string of the molecule is COCc1ccccc1NC(=O)c1ccc(S(=O)(=O)NCCc2cccs2)cc1. The lowest BCUT2D eigenvalue weighted by atomic mass is 10.1. The number of thiophene rings is 1. The summed E-state index contributed by atoms with van der Waals surface area (Å²) < 4.78 is 32.6.